The van der Waals surface area contributed by atoms with E-state index in [2.05, 4.69) is 27.2 Å². The predicted octanol–water partition coefficient (Wildman–Crippen LogP) is 6.18. The van der Waals surface area contributed by atoms with Gasteiger partial charge in [0, 0.05) is 5.69 Å². The van der Waals surface area contributed by atoms with Gasteiger partial charge in [-0.1, -0.05) is 84.4 Å². The van der Waals surface area contributed by atoms with E-state index >= 15 is 0 Å². The second-order valence-electron chi connectivity index (χ2n) is 9.56. The first-order valence-corrected chi connectivity index (χ1v) is 15.1. The average molecular weight is 582 g/mol. The van der Waals surface area contributed by atoms with Gasteiger partial charge in [-0.2, -0.15) is 4.99 Å². The van der Waals surface area contributed by atoms with Crippen LogP contribution in [0.2, 0.25) is 0 Å². The minimum atomic E-state index is -3.94. The molecule has 4 aromatic carbocycles. The Balaban J connectivity index is 1.19. The Morgan fingerprint density at radius 1 is 0.829 bits per heavy atom. The zero-order valence-electron chi connectivity index (χ0n) is 22.4. The molecule has 1 heterocycles. The van der Waals surface area contributed by atoms with Crippen LogP contribution in [0.5, 0.6) is 0 Å². The fraction of sp³-hybridized carbons (Fsp3) is 0.0938. The van der Waals surface area contributed by atoms with Crippen molar-refractivity contribution >= 4 is 50.0 Å². The summed E-state index contributed by atoms with van der Waals surface area (Å²) in [5.74, 6) is -0.931. The highest BCUT2D eigenvalue weighted by atomic mass is 32.2. The third-order valence-electron chi connectivity index (χ3n) is 6.51. The van der Waals surface area contributed by atoms with Crippen molar-refractivity contribution in [2.45, 2.75) is 25.2 Å². The van der Waals surface area contributed by atoms with Crippen LogP contribution in [0.4, 0.5) is 5.69 Å². The van der Waals surface area contributed by atoms with Crippen molar-refractivity contribution in [2.75, 3.05) is 5.32 Å². The van der Waals surface area contributed by atoms with Crippen molar-refractivity contribution in [2.24, 2.45) is 4.99 Å². The first-order valence-electron chi connectivity index (χ1n) is 12.8. The third-order valence-corrected chi connectivity index (χ3v) is 8.97. The number of carbonyl (C=O) groups is 2. The summed E-state index contributed by atoms with van der Waals surface area (Å²) in [5.41, 5.74) is 6.28. The zero-order valence-corrected chi connectivity index (χ0v) is 24.1. The molecule has 0 saturated heterocycles. The van der Waals surface area contributed by atoms with Gasteiger partial charge in [0.2, 0.25) is 5.91 Å². The van der Waals surface area contributed by atoms with E-state index < -0.39 is 15.9 Å². The van der Waals surface area contributed by atoms with E-state index in [-0.39, 0.29) is 17.2 Å². The zero-order chi connectivity index (χ0) is 29.0. The van der Waals surface area contributed by atoms with Gasteiger partial charge in [-0.05, 0) is 77.7 Å². The molecule has 2 N–H and O–H groups in total. The summed E-state index contributed by atoms with van der Waals surface area (Å²) >= 11 is 1.28. The quantitative estimate of drug-likeness (QED) is 0.253. The number of sulfonamides is 1. The molecule has 0 saturated carbocycles. The fourth-order valence-electron chi connectivity index (χ4n) is 4.25. The number of carbonyl (C=O) groups excluding carboxylic acids is 2. The summed E-state index contributed by atoms with van der Waals surface area (Å²) in [5, 5.41) is 3.60. The normalized spacial score (nSPS) is 14.4. The molecule has 41 heavy (non-hydrogen) atoms. The monoisotopic (exact) mass is 581 g/mol. The number of rotatable bonds is 7. The number of hydrogen-bond donors (Lipinski definition) is 2. The average Bonchev–Trinajstić information content (AvgIpc) is 3.33. The number of allylic oxidation sites excluding steroid dienone is 1. The van der Waals surface area contributed by atoms with E-state index in [0.717, 1.165) is 27.8 Å². The van der Waals surface area contributed by atoms with Gasteiger partial charge in [-0.15, -0.1) is 0 Å². The van der Waals surface area contributed by atoms with Crippen LogP contribution in [0.25, 0.3) is 16.7 Å². The van der Waals surface area contributed by atoms with E-state index in [1.807, 2.05) is 56.3 Å². The van der Waals surface area contributed by atoms with Crippen LogP contribution in [-0.2, 0) is 26.0 Å². The van der Waals surface area contributed by atoms with Crippen molar-refractivity contribution in [1.29, 1.82) is 0 Å². The Morgan fingerprint density at radius 3 is 2.12 bits per heavy atom. The first-order chi connectivity index (χ1) is 19.7. The van der Waals surface area contributed by atoms with Gasteiger partial charge in [0.1, 0.15) is 0 Å². The minimum Gasteiger partial charge on any atom is -0.334 e. The lowest BCUT2D eigenvalue weighted by atomic mass is 10.0. The molecule has 0 radical (unpaired) electrons. The molecular formula is C32H27N3O4S2. The van der Waals surface area contributed by atoms with Gasteiger partial charge < -0.3 is 5.32 Å². The van der Waals surface area contributed by atoms with Gasteiger partial charge in [0.15, 0.2) is 5.17 Å². The molecule has 0 bridgehead atoms. The van der Waals surface area contributed by atoms with Crippen molar-refractivity contribution in [3.63, 3.8) is 0 Å². The molecular weight excluding hydrogens is 555 g/mol. The molecule has 0 unspecified atom stereocenters. The van der Waals surface area contributed by atoms with Crippen LogP contribution in [0.3, 0.4) is 0 Å². The van der Waals surface area contributed by atoms with Gasteiger partial charge in [0.05, 0.1) is 16.2 Å². The Bertz CT molecular complexity index is 1760. The summed E-state index contributed by atoms with van der Waals surface area (Å²) in [6.45, 7) is 3.77. The highest BCUT2D eigenvalue weighted by Crippen LogP contribution is 2.34. The number of amides is 2. The maximum Gasteiger partial charge on any atom is 0.286 e. The van der Waals surface area contributed by atoms with E-state index in [4.69, 9.17) is 0 Å². The van der Waals surface area contributed by atoms with Gasteiger partial charge in [0.25, 0.3) is 15.9 Å². The van der Waals surface area contributed by atoms with Crippen molar-refractivity contribution in [3.8, 4) is 11.1 Å². The second kappa shape index (κ2) is 12.0. The van der Waals surface area contributed by atoms with Gasteiger partial charge in [-0.25, -0.2) is 13.1 Å². The molecule has 7 nitrogen and oxygen atoms in total. The van der Waals surface area contributed by atoms with Crippen LogP contribution in [0.15, 0.2) is 118 Å². The van der Waals surface area contributed by atoms with Crippen LogP contribution in [0.1, 0.15) is 23.6 Å². The summed E-state index contributed by atoms with van der Waals surface area (Å²) in [7, 11) is -3.94. The highest BCUT2D eigenvalue weighted by Gasteiger charge is 2.25. The van der Waals surface area contributed by atoms with Crippen LogP contribution in [-0.4, -0.2) is 25.4 Å². The molecule has 0 aromatic heterocycles. The van der Waals surface area contributed by atoms with Crippen LogP contribution in [0, 0.1) is 6.92 Å². The Morgan fingerprint density at radius 2 is 1.46 bits per heavy atom. The molecule has 1 aliphatic rings. The van der Waals surface area contributed by atoms with Crippen molar-refractivity contribution in [3.05, 3.63) is 125 Å². The Hall–Kier alpha value is -4.47. The SMILES string of the molecule is C/C(=C1\SC(Nc2ccc(CC(=O)NS(=O)(=O)c3ccc(C)cc3)cc2)=NC1=O)c1ccc(-c2ccccc2)cc1. The number of nitrogens with one attached hydrogen (secondary N) is 2. The standard InChI is InChI=1S/C32H27N3O4S2/c1-21-8-18-28(19-9-21)41(38,39)35-29(36)20-23-10-16-27(17-11-23)33-32-34-31(37)30(40-32)22(2)24-12-14-26(15-13-24)25-6-4-3-5-7-25/h3-19H,20H2,1-2H3,(H,35,36)(H,33,34,37)/b30-22+. The molecule has 206 valence electrons. The Kier molecular flexibility index (Phi) is 8.19. The van der Waals surface area contributed by atoms with Crippen molar-refractivity contribution in [1.82, 2.24) is 4.72 Å². The van der Waals surface area contributed by atoms with Crippen molar-refractivity contribution < 1.29 is 18.0 Å². The maximum absolute atomic E-state index is 12.7. The molecule has 0 spiro atoms. The summed E-state index contributed by atoms with van der Waals surface area (Å²) in [6, 6.07) is 31.4. The number of anilines is 1. The lowest BCUT2D eigenvalue weighted by Crippen LogP contribution is -2.31. The lowest BCUT2D eigenvalue weighted by Gasteiger charge is -2.09. The van der Waals surface area contributed by atoms with E-state index in [0.29, 0.717) is 21.3 Å². The number of hydrogen-bond acceptors (Lipinski definition) is 6. The smallest absolute Gasteiger partial charge is 0.286 e. The first kappa shape index (κ1) is 28.1. The number of aliphatic imine (C=N–C) groups is 1. The van der Waals surface area contributed by atoms with Crippen LogP contribution >= 0.6 is 11.8 Å². The predicted molar refractivity (Wildman–Crippen MR) is 165 cm³/mol. The molecule has 5 rings (SSSR count). The largest absolute Gasteiger partial charge is 0.334 e. The number of thioether (sulfide) groups is 1. The van der Waals surface area contributed by atoms with Crippen LogP contribution < -0.4 is 10.0 Å². The maximum atomic E-state index is 12.7. The van der Waals surface area contributed by atoms with E-state index in [1.165, 1.54) is 23.9 Å². The summed E-state index contributed by atoms with van der Waals surface area (Å²) < 4.78 is 27.0. The number of aryl methyl sites for hydroxylation is 1. The summed E-state index contributed by atoms with van der Waals surface area (Å²) in [4.78, 5) is 29.8. The van der Waals surface area contributed by atoms with E-state index in [9.17, 15) is 18.0 Å². The van der Waals surface area contributed by atoms with Gasteiger partial charge in [-0.3, -0.25) is 9.59 Å². The van der Waals surface area contributed by atoms with Gasteiger partial charge >= 0.3 is 0 Å². The molecule has 4 aromatic rings. The molecule has 0 fully saturated rings. The molecule has 0 atom stereocenters. The highest BCUT2D eigenvalue weighted by molar-refractivity contribution is 8.18. The molecule has 2 amide bonds. The second-order valence-corrected chi connectivity index (χ2v) is 12.2. The number of amidine groups is 1. The number of nitrogens with zero attached hydrogens (tertiary/aromatic N) is 1. The third kappa shape index (κ3) is 6.82. The minimum absolute atomic E-state index is 0.0354. The molecule has 1 aliphatic heterocycles. The van der Waals surface area contributed by atoms with E-state index in [1.54, 1.807) is 36.4 Å². The fourth-order valence-corrected chi connectivity index (χ4v) is 6.13. The summed E-state index contributed by atoms with van der Waals surface area (Å²) in [6.07, 6.45) is -0.102. The molecule has 0 aliphatic carbocycles. The lowest BCUT2D eigenvalue weighted by molar-refractivity contribution is -0.118. The molecule has 9 heteroatoms. The topological polar surface area (TPSA) is 105 Å². The Labute approximate surface area is 243 Å². The number of benzene rings is 4.